The predicted octanol–water partition coefficient (Wildman–Crippen LogP) is 5.03. The molecule has 0 aliphatic heterocycles. The topological polar surface area (TPSA) is 65.3 Å². The Morgan fingerprint density at radius 1 is 1.00 bits per heavy atom. The molecule has 0 unspecified atom stereocenters. The first-order valence-corrected chi connectivity index (χ1v) is 11.0. The molecule has 33 heavy (non-hydrogen) atoms. The van der Waals surface area contributed by atoms with E-state index in [0.717, 1.165) is 46.0 Å². The number of anilines is 2. The summed E-state index contributed by atoms with van der Waals surface area (Å²) in [6.45, 7) is 0.677. The Kier molecular flexibility index (Phi) is 5.81. The van der Waals surface area contributed by atoms with Crippen LogP contribution in [0.15, 0.2) is 55.0 Å². The van der Waals surface area contributed by atoms with Gasteiger partial charge < -0.3 is 14.4 Å². The van der Waals surface area contributed by atoms with E-state index >= 15 is 0 Å². The minimum atomic E-state index is -0.459. The third-order valence-corrected chi connectivity index (χ3v) is 5.87. The van der Waals surface area contributed by atoms with Gasteiger partial charge in [0.15, 0.2) is 0 Å². The van der Waals surface area contributed by atoms with Crippen LogP contribution in [0.25, 0.3) is 22.3 Å². The summed E-state index contributed by atoms with van der Waals surface area (Å²) in [4.78, 5) is 11.7. The van der Waals surface area contributed by atoms with Gasteiger partial charge in [-0.15, -0.1) is 0 Å². The minimum absolute atomic E-state index is 0.227. The monoisotopic (exact) mass is 447 g/mol. The van der Waals surface area contributed by atoms with Crippen molar-refractivity contribution in [2.75, 3.05) is 32.3 Å². The largest absolute Gasteiger partial charge is 0.497 e. The van der Waals surface area contributed by atoms with E-state index in [1.54, 1.807) is 37.5 Å². The second-order valence-electron chi connectivity index (χ2n) is 8.23. The average molecular weight is 448 g/mol. The van der Waals surface area contributed by atoms with Crippen molar-refractivity contribution in [3.05, 3.63) is 55.0 Å². The lowest BCUT2D eigenvalue weighted by Gasteiger charge is -2.26. The van der Waals surface area contributed by atoms with Gasteiger partial charge in [0.2, 0.25) is 0 Å². The number of ether oxygens (including phenoxy) is 2. The van der Waals surface area contributed by atoms with Crippen molar-refractivity contribution in [2.24, 2.45) is 5.92 Å². The van der Waals surface area contributed by atoms with Gasteiger partial charge in [0, 0.05) is 47.9 Å². The molecule has 0 bridgehead atoms. The molecule has 0 radical (unpaired) electrons. The van der Waals surface area contributed by atoms with E-state index in [0.29, 0.717) is 11.6 Å². The number of nitrogens with zero attached hydrogens (tertiary/aromatic N) is 5. The zero-order valence-electron chi connectivity index (χ0n) is 18.7. The SMILES string of the molecule is COc1cc(OC)cc(N(CC2CC2)c2ccc3ncc(-c4cnn(CCF)c4)nc3c2)c1. The lowest BCUT2D eigenvalue weighted by molar-refractivity contribution is 0.394. The second kappa shape index (κ2) is 9.05. The molecule has 7 nitrogen and oxygen atoms in total. The Labute approximate surface area is 191 Å². The van der Waals surface area contributed by atoms with Gasteiger partial charge in [0.05, 0.1) is 49.9 Å². The fraction of sp³-hybridized carbons (Fsp3) is 0.320. The second-order valence-corrected chi connectivity index (χ2v) is 8.23. The van der Waals surface area contributed by atoms with E-state index in [4.69, 9.17) is 14.5 Å². The zero-order chi connectivity index (χ0) is 22.8. The fourth-order valence-electron chi connectivity index (χ4n) is 3.88. The Hall–Kier alpha value is -3.68. The maximum absolute atomic E-state index is 12.6. The van der Waals surface area contributed by atoms with E-state index < -0.39 is 6.67 Å². The molecule has 0 spiro atoms. The highest BCUT2D eigenvalue weighted by molar-refractivity contribution is 5.82. The number of methoxy groups -OCH3 is 2. The first kappa shape index (κ1) is 21.2. The van der Waals surface area contributed by atoms with Crippen molar-refractivity contribution >= 4 is 22.4 Å². The van der Waals surface area contributed by atoms with Gasteiger partial charge in [0.1, 0.15) is 18.2 Å². The van der Waals surface area contributed by atoms with Gasteiger partial charge in [-0.25, -0.2) is 9.37 Å². The molecule has 2 aromatic carbocycles. The van der Waals surface area contributed by atoms with Crippen molar-refractivity contribution in [2.45, 2.75) is 19.4 Å². The van der Waals surface area contributed by atoms with Gasteiger partial charge in [0.25, 0.3) is 0 Å². The molecule has 0 N–H and O–H groups in total. The molecule has 1 fully saturated rings. The molecule has 1 aliphatic carbocycles. The molecule has 0 saturated heterocycles. The lowest BCUT2D eigenvalue weighted by atomic mass is 10.1. The molecule has 170 valence electrons. The molecule has 1 saturated carbocycles. The van der Waals surface area contributed by atoms with Crippen LogP contribution in [0, 0.1) is 5.92 Å². The first-order chi connectivity index (χ1) is 16.2. The highest BCUT2D eigenvalue weighted by Gasteiger charge is 2.26. The number of benzene rings is 2. The van der Waals surface area contributed by atoms with Crippen molar-refractivity contribution in [1.82, 2.24) is 19.7 Å². The summed E-state index contributed by atoms with van der Waals surface area (Å²) in [6, 6.07) is 12.1. The van der Waals surface area contributed by atoms with E-state index in [9.17, 15) is 4.39 Å². The van der Waals surface area contributed by atoms with Crippen molar-refractivity contribution in [1.29, 1.82) is 0 Å². The van der Waals surface area contributed by atoms with Gasteiger partial charge in [-0.3, -0.25) is 9.67 Å². The summed E-state index contributed by atoms with van der Waals surface area (Å²) >= 11 is 0. The van der Waals surface area contributed by atoms with E-state index in [2.05, 4.69) is 27.1 Å². The Balaban J connectivity index is 1.54. The quantitative estimate of drug-likeness (QED) is 0.359. The maximum Gasteiger partial charge on any atom is 0.124 e. The van der Waals surface area contributed by atoms with E-state index in [1.807, 2.05) is 24.3 Å². The van der Waals surface area contributed by atoms with Crippen LogP contribution in [0.3, 0.4) is 0 Å². The molecule has 2 heterocycles. The molecule has 4 aromatic rings. The van der Waals surface area contributed by atoms with Gasteiger partial charge in [-0.1, -0.05) is 0 Å². The standard InChI is InChI=1S/C25H26FN5O2/c1-32-21-9-20(10-22(12-21)33-2)31(15-17-3-4-17)19-5-6-23-24(11-19)29-25(14-27-23)18-13-28-30(16-18)8-7-26/h5-6,9-14,16-17H,3-4,7-8,15H2,1-2H3. The van der Waals surface area contributed by atoms with Gasteiger partial charge in [-0.2, -0.15) is 5.10 Å². The third-order valence-electron chi connectivity index (χ3n) is 5.87. The molecule has 1 aliphatic rings. The van der Waals surface area contributed by atoms with E-state index in [1.165, 1.54) is 12.8 Å². The molecular formula is C25H26FN5O2. The smallest absolute Gasteiger partial charge is 0.124 e. The van der Waals surface area contributed by atoms with Crippen molar-refractivity contribution in [3.63, 3.8) is 0 Å². The third kappa shape index (κ3) is 4.60. The van der Waals surface area contributed by atoms with Crippen LogP contribution in [-0.2, 0) is 6.54 Å². The van der Waals surface area contributed by atoms with Crippen LogP contribution in [0.1, 0.15) is 12.8 Å². The van der Waals surface area contributed by atoms with E-state index in [-0.39, 0.29) is 6.54 Å². The lowest BCUT2D eigenvalue weighted by Crippen LogP contribution is -2.20. The number of hydrogen-bond acceptors (Lipinski definition) is 6. The zero-order valence-corrected chi connectivity index (χ0v) is 18.7. The number of rotatable bonds is 9. The summed E-state index contributed by atoms with van der Waals surface area (Å²) in [5, 5.41) is 4.20. The number of fused-ring (bicyclic) bond motifs is 1. The van der Waals surface area contributed by atoms with Crippen LogP contribution >= 0.6 is 0 Å². The highest BCUT2D eigenvalue weighted by Crippen LogP contribution is 2.38. The molecular weight excluding hydrogens is 421 g/mol. The Morgan fingerprint density at radius 3 is 2.48 bits per heavy atom. The normalized spacial score (nSPS) is 13.3. The van der Waals surface area contributed by atoms with Crippen LogP contribution in [0.4, 0.5) is 15.8 Å². The van der Waals surface area contributed by atoms with Gasteiger partial charge in [-0.05, 0) is 37.0 Å². The number of hydrogen-bond donors (Lipinski definition) is 0. The van der Waals surface area contributed by atoms with Crippen LogP contribution < -0.4 is 14.4 Å². The average Bonchev–Trinajstić information content (AvgIpc) is 3.56. The maximum atomic E-state index is 12.6. The summed E-state index contributed by atoms with van der Waals surface area (Å²) in [6.07, 6.45) is 7.68. The number of alkyl halides is 1. The number of aryl methyl sites for hydroxylation is 1. The molecule has 2 aromatic heterocycles. The Bertz CT molecular complexity index is 1250. The van der Waals surface area contributed by atoms with Crippen LogP contribution in [0.2, 0.25) is 0 Å². The predicted molar refractivity (Wildman–Crippen MR) is 126 cm³/mol. The summed E-state index contributed by atoms with van der Waals surface area (Å²) in [7, 11) is 3.32. The Morgan fingerprint density at radius 2 is 1.79 bits per heavy atom. The first-order valence-electron chi connectivity index (χ1n) is 11.0. The van der Waals surface area contributed by atoms with Gasteiger partial charge >= 0.3 is 0 Å². The molecule has 0 amide bonds. The summed E-state index contributed by atoms with van der Waals surface area (Å²) in [5.41, 5.74) is 5.17. The van der Waals surface area contributed by atoms with Crippen molar-refractivity contribution < 1.29 is 13.9 Å². The molecule has 0 atom stereocenters. The summed E-state index contributed by atoms with van der Waals surface area (Å²) < 4.78 is 25.2. The van der Waals surface area contributed by atoms with Crippen LogP contribution in [-0.4, -0.2) is 47.2 Å². The fourth-order valence-corrected chi connectivity index (χ4v) is 3.88. The van der Waals surface area contributed by atoms with Crippen molar-refractivity contribution in [3.8, 4) is 22.8 Å². The number of aromatic nitrogens is 4. The highest BCUT2D eigenvalue weighted by atomic mass is 19.1. The molecule has 5 rings (SSSR count). The van der Waals surface area contributed by atoms with Crippen LogP contribution in [0.5, 0.6) is 11.5 Å². The summed E-state index contributed by atoms with van der Waals surface area (Å²) in [5.74, 6) is 2.16. The minimum Gasteiger partial charge on any atom is -0.497 e. The molecule has 8 heteroatoms. The number of halogens is 1.